The molecule has 1 aromatic heterocycles. The van der Waals surface area contributed by atoms with E-state index in [2.05, 4.69) is 17.2 Å². The molecule has 20 heavy (non-hydrogen) atoms. The number of nitrogens with one attached hydrogen (secondary N) is 1. The predicted molar refractivity (Wildman–Crippen MR) is 83.8 cm³/mol. The minimum absolute atomic E-state index is 0.373. The van der Waals surface area contributed by atoms with Gasteiger partial charge in [-0.3, -0.25) is 0 Å². The van der Waals surface area contributed by atoms with Crippen LogP contribution in [0.2, 0.25) is 10.0 Å². The van der Waals surface area contributed by atoms with Crippen molar-refractivity contribution in [1.29, 1.82) is 0 Å². The Kier molecular flexibility index (Phi) is 5.50. The van der Waals surface area contributed by atoms with Gasteiger partial charge < -0.3 is 10.1 Å². The van der Waals surface area contributed by atoms with Crippen LogP contribution in [0.1, 0.15) is 19.0 Å². The third-order valence-corrected chi connectivity index (χ3v) is 3.02. The minimum atomic E-state index is 0.373. The molecule has 0 radical (unpaired) electrons. The summed E-state index contributed by atoms with van der Waals surface area (Å²) in [6, 6.07) is 10.9. The molecule has 0 spiro atoms. The average molecular weight is 311 g/mol. The van der Waals surface area contributed by atoms with Gasteiger partial charge in [0.1, 0.15) is 18.2 Å². The molecule has 0 fully saturated rings. The van der Waals surface area contributed by atoms with Crippen molar-refractivity contribution in [1.82, 2.24) is 4.98 Å². The summed E-state index contributed by atoms with van der Waals surface area (Å²) in [5.41, 5.74) is 0.849. The number of rotatable bonds is 6. The Bertz CT molecular complexity index is 555. The highest BCUT2D eigenvalue weighted by molar-refractivity contribution is 6.34. The summed E-state index contributed by atoms with van der Waals surface area (Å²) in [6.45, 7) is 3.39. The highest BCUT2D eigenvalue weighted by atomic mass is 35.5. The van der Waals surface area contributed by atoms with Crippen molar-refractivity contribution in [2.45, 2.75) is 20.0 Å². The summed E-state index contributed by atoms with van der Waals surface area (Å²) in [5.74, 6) is 1.49. The van der Waals surface area contributed by atoms with Crippen LogP contribution in [0, 0.1) is 0 Å². The normalized spacial score (nSPS) is 10.3. The van der Waals surface area contributed by atoms with Gasteiger partial charge in [-0.2, -0.15) is 0 Å². The van der Waals surface area contributed by atoms with Crippen LogP contribution >= 0.6 is 23.2 Å². The van der Waals surface area contributed by atoms with Crippen LogP contribution < -0.4 is 10.1 Å². The molecule has 1 N–H and O–H groups in total. The molecule has 0 atom stereocenters. The van der Waals surface area contributed by atoms with Gasteiger partial charge >= 0.3 is 0 Å². The monoisotopic (exact) mass is 310 g/mol. The summed E-state index contributed by atoms with van der Waals surface area (Å²) in [4.78, 5) is 4.47. The smallest absolute Gasteiger partial charge is 0.130 e. The summed E-state index contributed by atoms with van der Waals surface area (Å²) in [7, 11) is 0. The Morgan fingerprint density at radius 1 is 1.15 bits per heavy atom. The number of ether oxygens (including phenoxy) is 1. The van der Waals surface area contributed by atoms with Gasteiger partial charge in [0.25, 0.3) is 0 Å². The molecule has 3 nitrogen and oxygen atoms in total. The van der Waals surface area contributed by atoms with E-state index in [0.717, 1.165) is 24.5 Å². The Hall–Kier alpha value is -1.45. The molecular formula is C15H16Cl2N2O. The van der Waals surface area contributed by atoms with E-state index in [1.165, 1.54) is 0 Å². The van der Waals surface area contributed by atoms with Gasteiger partial charge in [-0.15, -0.1) is 0 Å². The lowest BCUT2D eigenvalue weighted by Gasteiger charge is -2.09. The van der Waals surface area contributed by atoms with E-state index in [1.807, 2.05) is 18.2 Å². The predicted octanol–water partition coefficient (Wildman–Crippen LogP) is 4.79. The third kappa shape index (κ3) is 4.58. The van der Waals surface area contributed by atoms with Crippen molar-refractivity contribution in [2.75, 3.05) is 11.9 Å². The lowest BCUT2D eigenvalue weighted by atomic mass is 10.3. The molecule has 0 aliphatic carbocycles. The highest BCUT2D eigenvalue weighted by Crippen LogP contribution is 2.24. The second-order valence-corrected chi connectivity index (χ2v) is 5.21. The summed E-state index contributed by atoms with van der Waals surface area (Å²) >= 11 is 11.8. The van der Waals surface area contributed by atoms with E-state index in [-0.39, 0.29) is 0 Å². The van der Waals surface area contributed by atoms with Gasteiger partial charge in [0, 0.05) is 16.6 Å². The number of hydrogen-bond acceptors (Lipinski definition) is 3. The topological polar surface area (TPSA) is 34.1 Å². The minimum Gasteiger partial charge on any atom is -0.487 e. The molecule has 0 unspecified atom stereocenters. The second-order valence-electron chi connectivity index (χ2n) is 4.33. The summed E-state index contributed by atoms with van der Waals surface area (Å²) in [5, 5.41) is 4.35. The maximum atomic E-state index is 5.92. The largest absolute Gasteiger partial charge is 0.487 e. The van der Waals surface area contributed by atoms with E-state index in [9.17, 15) is 0 Å². The Morgan fingerprint density at radius 2 is 1.90 bits per heavy atom. The number of anilines is 1. The first-order valence-electron chi connectivity index (χ1n) is 6.46. The van der Waals surface area contributed by atoms with Crippen LogP contribution in [0.5, 0.6) is 5.75 Å². The van der Waals surface area contributed by atoms with Crippen molar-refractivity contribution in [2.24, 2.45) is 0 Å². The Morgan fingerprint density at radius 3 is 2.60 bits per heavy atom. The zero-order valence-corrected chi connectivity index (χ0v) is 12.7. The van der Waals surface area contributed by atoms with Gasteiger partial charge in [0.2, 0.25) is 0 Å². The number of aromatic nitrogens is 1. The van der Waals surface area contributed by atoms with Crippen molar-refractivity contribution in [3.05, 3.63) is 52.1 Å². The standard InChI is InChI=1S/C15H16Cl2N2O/c1-2-6-18-15-5-3-4-13(19-15)10-20-14-8-11(16)7-12(17)9-14/h3-5,7-9H,2,6,10H2,1H3,(H,18,19). The summed E-state index contributed by atoms with van der Waals surface area (Å²) in [6.07, 6.45) is 1.06. The summed E-state index contributed by atoms with van der Waals surface area (Å²) < 4.78 is 5.65. The van der Waals surface area contributed by atoms with E-state index in [1.54, 1.807) is 18.2 Å². The quantitative estimate of drug-likeness (QED) is 0.833. The molecule has 0 amide bonds. The van der Waals surface area contributed by atoms with Crippen LogP contribution in [0.25, 0.3) is 0 Å². The number of halogens is 2. The molecule has 2 rings (SSSR count). The van der Waals surface area contributed by atoms with Crippen molar-refractivity contribution >= 4 is 29.0 Å². The molecule has 0 bridgehead atoms. The fraction of sp³-hybridized carbons (Fsp3) is 0.267. The van der Waals surface area contributed by atoms with E-state index >= 15 is 0 Å². The molecule has 0 saturated carbocycles. The number of hydrogen-bond donors (Lipinski definition) is 1. The van der Waals surface area contributed by atoms with E-state index in [4.69, 9.17) is 27.9 Å². The van der Waals surface area contributed by atoms with E-state index in [0.29, 0.717) is 22.4 Å². The second kappa shape index (κ2) is 7.36. The average Bonchev–Trinajstić information content (AvgIpc) is 2.42. The third-order valence-electron chi connectivity index (χ3n) is 2.59. The van der Waals surface area contributed by atoms with Crippen LogP contribution in [0.15, 0.2) is 36.4 Å². The van der Waals surface area contributed by atoms with Crippen molar-refractivity contribution in [3.63, 3.8) is 0 Å². The maximum absolute atomic E-state index is 5.92. The zero-order valence-electron chi connectivity index (χ0n) is 11.2. The number of nitrogens with zero attached hydrogens (tertiary/aromatic N) is 1. The van der Waals surface area contributed by atoms with Gasteiger partial charge in [0.15, 0.2) is 0 Å². The van der Waals surface area contributed by atoms with E-state index < -0.39 is 0 Å². The first-order chi connectivity index (χ1) is 9.67. The lowest BCUT2D eigenvalue weighted by molar-refractivity contribution is 0.301. The maximum Gasteiger partial charge on any atom is 0.130 e. The molecule has 0 aliphatic rings. The molecule has 1 heterocycles. The Labute approximate surface area is 128 Å². The first-order valence-corrected chi connectivity index (χ1v) is 7.21. The molecule has 0 saturated heterocycles. The lowest BCUT2D eigenvalue weighted by Crippen LogP contribution is -2.04. The fourth-order valence-electron chi connectivity index (χ4n) is 1.68. The van der Waals surface area contributed by atoms with Crippen LogP contribution in [0.4, 0.5) is 5.82 Å². The molecule has 1 aromatic carbocycles. The van der Waals surface area contributed by atoms with Gasteiger partial charge in [0.05, 0.1) is 5.69 Å². The van der Waals surface area contributed by atoms with Crippen molar-refractivity contribution in [3.8, 4) is 5.75 Å². The van der Waals surface area contributed by atoms with Gasteiger partial charge in [-0.25, -0.2) is 4.98 Å². The number of benzene rings is 1. The first kappa shape index (κ1) is 14.9. The SMILES string of the molecule is CCCNc1cccc(COc2cc(Cl)cc(Cl)c2)n1. The van der Waals surface area contributed by atoms with Crippen LogP contribution in [0.3, 0.4) is 0 Å². The molecule has 2 aromatic rings. The zero-order chi connectivity index (χ0) is 14.4. The Balaban J connectivity index is 1.99. The van der Waals surface area contributed by atoms with Crippen LogP contribution in [-0.4, -0.2) is 11.5 Å². The molecular weight excluding hydrogens is 295 g/mol. The molecule has 5 heteroatoms. The molecule has 0 aliphatic heterocycles. The molecule has 106 valence electrons. The van der Waals surface area contributed by atoms with Gasteiger partial charge in [-0.1, -0.05) is 36.2 Å². The van der Waals surface area contributed by atoms with Crippen LogP contribution in [-0.2, 0) is 6.61 Å². The fourth-order valence-corrected chi connectivity index (χ4v) is 2.19. The highest BCUT2D eigenvalue weighted by Gasteiger charge is 2.02. The van der Waals surface area contributed by atoms with Crippen molar-refractivity contribution < 1.29 is 4.74 Å². The van der Waals surface area contributed by atoms with Gasteiger partial charge in [-0.05, 0) is 36.8 Å². The number of pyridine rings is 1.